The molecule has 0 N–H and O–H groups in total. The molecule has 0 unspecified atom stereocenters. The lowest BCUT2D eigenvalue weighted by atomic mass is 9.83. The lowest BCUT2D eigenvalue weighted by molar-refractivity contribution is 0.806. The van der Waals surface area contributed by atoms with Gasteiger partial charge in [0.05, 0.1) is 11.0 Å². The molecule has 0 aliphatic carbocycles. The third-order valence-corrected chi connectivity index (χ3v) is 11.4. The van der Waals surface area contributed by atoms with E-state index in [0.29, 0.717) is 0 Å². The largest absolute Gasteiger partial charge is 0.309 e. The van der Waals surface area contributed by atoms with Gasteiger partial charge in [0.25, 0.3) is 0 Å². The molecule has 0 fully saturated rings. The van der Waals surface area contributed by atoms with E-state index in [1.807, 2.05) is 0 Å². The normalized spacial score (nSPS) is 11.4. The summed E-state index contributed by atoms with van der Waals surface area (Å²) < 4.78 is 2.38. The molecule has 0 bridgehead atoms. The van der Waals surface area contributed by atoms with E-state index in [0.717, 1.165) is 6.42 Å². The predicted octanol–water partition coefficient (Wildman–Crippen LogP) is 14.8. The van der Waals surface area contributed by atoms with E-state index in [9.17, 15) is 0 Å². The van der Waals surface area contributed by atoms with Gasteiger partial charge >= 0.3 is 0 Å². The Morgan fingerprint density at radius 3 is 1.39 bits per heavy atom. The van der Waals surface area contributed by atoms with Crippen LogP contribution in [0.15, 0.2) is 231 Å². The summed E-state index contributed by atoms with van der Waals surface area (Å²) in [7, 11) is 0. The summed E-state index contributed by atoms with van der Waals surface area (Å²) >= 11 is 0. The van der Waals surface area contributed by atoms with Crippen molar-refractivity contribution >= 4 is 21.8 Å². The van der Waals surface area contributed by atoms with Crippen molar-refractivity contribution in [1.82, 2.24) is 4.57 Å². The second-order valence-corrected chi connectivity index (χ2v) is 14.9. The average Bonchev–Trinajstić information content (AvgIpc) is 3.63. The van der Waals surface area contributed by atoms with Gasteiger partial charge in [0, 0.05) is 22.4 Å². The van der Waals surface area contributed by atoms with E-state index in [4.69, 9.17) is 0 Å². The van der Waals surface area contributed by atoms with E-state index in [1.54, 1.807) is 0 Å². The first-order chi connectivity index (χ1) is 28.3. The third kappa shape index (κ3) is 6.75. The van der Waals surface area contributed by atoms with Gasteiger partial charge in [-0.05, 0) is 98.0 Å². The van der Waals surface area contributed by atoms with Crippen LogP contribution in [0.2, 0.25) is 0 Å². The van der Waals surface area contributed by atoms with Gasteiger partial charge in [0.1, 0.15) is 0 Å². The summed E-state index contributed by atoms with van der Waals surface area (Å²) in [5, 5.41) is 2.52. The number of fused-ring (bicyclic) bond motifs is 3. The zero-order chi connectivity index (χ0) is 38.0. The Kier molecular flexibility index (Phi) is 9.10. The molecule has 9 aromatic carbocycles. The lowest BCUT2D eigenvalue weighted by Crippen LogP contribution is -2.06. The molecule has 0 spiro atoms. The first-order valence-electron chi connectivity index (χ1n) is 19.8. The molecule has 270 valence electrons. The molecule has 1 heteroatoms. The summed E-state index contributed by atoms with van der Waals surface area (Å²) in [6.07, 6.45) is 0.874. The minimum Gasteiger partial charge on any atom is -0.309 e. The van der Waals surface area contributed by atoms with Gasteiger partial charge in [-0.15, -0.1) is 0 Å². The molecule has 0 aliphatic heterocycles. The molecule has 1 aromatic heterocycles. The van der Waals surface area contributed by atoms with Crippen LogP contribution in [0.3, 0.4) is 0 Å². The minimum atomic E-state index is 0.176. The maximum absolute atomic E-state index is 2.44. The van der Waals surface area contributed by atoms with Crippen molar-refractivity contribution in [2.75, 3.05) is 0 Å². The summed E-state index contributed by atoms with van der Waals surface area (Å²) in [6.45, 7) is 0. The van der Waals surface area contributed by atoms with Gasteiger partial charge in [0.15, 0.2) is 0 Å². The smallest absolute Gasteiger partial charge is 0.0541 e. The molecule has 0 atom stereocenters. The SMILES string of the molecule is c1ccc(-c2ccc(C(Cc3ccc(-c4ccc5c(c4)c4ccccc4n5-c4ccccc4)c(-c4ccccc4)c3)c3ccc(-c4ccccc4)cc3)cc2)cc1. The zero-order valence-electron chi connectivity index (χ0n) is 31.7. The fraction of sp³-hybridized carbons (Fsp3) is 0.0357. The van der Waals surface area contributed by atoms with Crippen molar-refractivity contribution in [3.63, 3.8) is 0 Å². The Balaban J connectivity index is 1.07. The van der Waals surface area contributed by atoms with E-state index >= 15 is 0 Å². The van der Waals surface area contributed by atoms with Crippen molar-refractivity contribution in [3.05, 3.63) is 247 Å². The molecular weight excluding hydrogens is 687 g/mol. The number of para-hydroxylation sites is 2. The molecule has 0 saturated carbocycles. The van der Waals surface area contributed by atoms with E-state index in [1.165, 1.54) is 88.7 Å². The maximum Gasteiger partial charge on any atom is 0.0541 e. The van der Waals surface area contributed by atoms with Gasteiger partial charge in [-0.1, -0.05) is 200 Å². The van der Waals surface area contributed by atoms with Crippen molar-refractivity contribution in [2.45, 2.75) is 12.3 Å². The van der Waals surface area contributed by atoms with Crippen LogP contribution in [0, 0.1) is 0 Å². The Hall–Kier alpha value is -7.22. The minimum absolute atomic E-state index is 0.176. The van der Waals surface area contributed by atoms with Crippen LogP contribution in [0.5, 0.6) is 0 Å². The lowest BCUT2D eigenvalue weighted by Gasteiger charge is -2.21. The van der Waals surface area contributed by atoms with Crippen LogP contribution >= 0.6 is 0 Å². The topological polar surface area (TPSA) is 4.93 Å². The molecule has 10 rings (SSSR count). The van der Waals surface area contributed by atoms with Gasteiger partial charge < -0.3 is 4.57 Å². The van der Waals surface area contributed by atoms with Crippen molar-refractivity contribution in [3.8, 4) is 50.2 Å². The van der Waals surface area contributed by atoms with Gasteiger partial charge in [-0.3, -0.25) is 0 Å². The zero-order valence-corrected chi connectivity index (χ0v) is 31.7. The molecule has 1 nitrogen and oxygen atoms in total. The van der Waals surface area contributed by atoms with E-state index in [2.05, 4.69) is 235 Å². The van der Waals surface area contributed by atoms with Crippen LogP contribution in [-0.2, 0) is 6.42 Å². The second kappa shape index (κ2) is 15.1. The van der Waals surface area contributed by atoms with Crippen LogP contribution in [0.25, 0.3) is 72.0 Å². The molecule has 1 heterocycles. The Morgan fingerprint density at radius 2 is 0.789 bits per heavy atom. The van der Waals surface area contributed by atoms with Crippen LogP contribution < -0.4 is 0 Å². The number of aromatic nitrogens is 1. The van der Waals surface area contributed by atoms with E-state index < -0.39 is 0 Å². The molecule has 0 amide bonds. The van der Waals surface area contributed by atoms with Crippen molar-refractivity contribution < 1.29 is 0 Å². The standard InChI is InChI=1S/C56H41N/c1-5-15-41(16-6-1)43-26-30-46(31-27-43)52(47-32-28-44(29-33-47)42-17-7-2-8-18-42)37-40-25-35-50(53(38-40)45-19-9-3-10-20-45)48-34-36-56-54(39-48)51-23-13-14-24-55(51)57(56)49-21-11-4-12-22-49/h1-36,38-39,52H,37H2. The molecule has 0 aliphatic rings. The number of hydrogen-bond acceptors (Lipinski definition) is 0. The number of rotatable bonds is 9. The quantitative estimate of drug-likeness (QED) is 0.140. The average molecular weight is 728 g/mol. The molecule has 0 radical (unpaired) electrons. The second-order valence-electron chi connectivity index (χ2n) is 14.9. The highest BCUT2D eigenvalue weighted by Gasteiger charge is 2.19. The Bertz CT molecular complexity index is 2840. The van der Waals surface area contributed by atoms with Crippen LogP contribution in [0.4, 0.5) is 0 Å². The summed E-state index contributed by atoms with van der Waals surface area (Å²) in [6, 6.07) is 84.2. The number of hydrogen-bond donors (Lipinski definition) is 0. The van der Waals surface area contributed by atoms with Crippen LogP contribution in [-0.4, -0.2) is 4.57 Å². The first kappa shape index (κ1) is 34.3. The Morgan fingerprint density at radius 1 is 0.316 bits per heavy atom. The van der Waals surface area contributed by atoms with Crippen molar-refractivity contribution in [1.29, 1.82) is 0 Å². The highest BCUT2D eigenvalue weighted by molar-refractivity contribution is 6.10. The van der Waals surface area contributed by atoms with Gasteiger partial charge in [-0.2, -0.15) is 0 Å². The summed E-state index contributed by atoms with van der Waals surface area (Å²) in [4.78, 5) is 0. The summed E-state index contributed by atoms with van der Waals surface area (Å²) in [5.74, 6) is 0.176. The predicted molar refractivity (Wildman–Crippen MR) is 241 cm³/mol. The van der Waals surface area contributed by atoms with E-state index in [-0.39, 0.29) is 5.92 Å². The molecule has 10 aromatic rings. The first-order valence-corrected chi connectivity index (χ1v) is 19.8. The number of nitrogens with zero attached hydrogens (tertiary/aromatic N) is 1. The fourth-order valence-corrected chi connectivity index (χ4v) is 8.56. The third-order valence-electron chi connectivity index (χ3n) is 11.4. The Labute approximate surface area is 334 Å². The van der Waals surface area contributed by atoms with Gasteiger partial charge in [-0.25, -0.2) is 0 Å². The van der Waals surface area contributed by atoms with Gasteiger partial charge in [0.2, 0.25) is 0 Å². The van der Waals surface area contributed by atoms with Crippen LogP contribution in [0.1, 0.15) is 22.6 Å². The monoisotopic (exact) mass is 727 g/mol. The fourth-order valence-electron chi connectivity index (χ4n) is 8.56. The number of benzene rings is 9. The maximum atomic E-state index is 2.44. The summed E-state index contributed by atoms with van der Waals surface area (Å²) in [5.41, 5.74) is 17.4. The molecule has 57 heavy (non-hydrogen) atoms. The highest BCUT2D eigenvalue weighted by atomic mass is 15.0. The van der Waals surface area contributed by atoms with Crippen molar-refractivity contribution in [2.24, 2.45) is 0 Å². The highest BCUT2D eigenvalue weighted by Crippen LogP contribution is 2.40. The molecule has 0 saturated heterocycles. The molecular formula is C56H41N.